The molecular weight excluding hydrogens is 305 g/mol. The van der Waals surface area contributed by atoms with Crippen molar-refractivity contribution in [2.45, 2.75) is 19.8 Å². The van der Waals surface area contributed by atoms with Crippen LogP contribution in [0.1, 0.15) is 36.6 Å². The van der Waals surface area contributed by atoms with Crippen LogP contribution in [-0.4, -0.2) is 15.2 Å². The van der Waals surface area contributed by atoms with Crippen LogP contribution in [0.5, 0.6) is 11.5 Å². The van der Waals surface area contributed by atoms with E-state index in [1.54, 1.807) is 19.9 Å². The third-order valence-electron chi connectivity index (χ3n) is 3.92. The molecule has 0 saturated heterocycles. The first-order valence-electron chi connectivity index (χ1n) is 7.75. The molecule has 122 valence electrons. The van der Waals surface area contributed by atoms with Gasteiger partial charge in [0, 0.05) is 16.5 Å². The van der Waals surface area contributed by atoms with Crippen molar-refractivity contribution in [2.24, 2.45) is 0 Å². The van der Waals surface area contributed by atoms with E-state index in [0.717, 1.165) is 10.9 Å². The molecule has 0 bridgehead atoms. The molecule has 0 aliphatic heterocycles. The number of phenolic OH excluding ortho intramolecular Hbond substituents is 2. The molecule has 0 spiro atoms. The summed E-state index contributed by atoms with van der Waals surface area (Å²) >= 11 is 0. The van der Waals surface area contributed by atoms with Crippen LogP contribution in [0.15, 0.2) is 42.5 Å². The molecule has 4 heteroatoms. The van der Waals surface area contributed by atoms with E-state index in [-0.39, 0.29) is 22.8 Å². The summed E-state index contributed by atoms with van der Waals surface area (Å²) in [4.78, 5) is 4.48. The molecule has 0 aliphatic carbocycles. The monoisotopic (exact) mass is 323 g/mol. The third kappa shape index (κ3) is 2.95. The number of benzene rings is 2. The highest BCUT2D eigenvalue weighted by molar-refractivity contribution is 5.81. The second-order valence-electron chi connectivity index (χ2n) is 5.98. The zero-order valence-corrected chi connectivity index (χ0v) is 13.5. The van der Waals surface area contributed by atoms with Gasteiger partial charge >= 0.3 is 0 Å². The fraction of sp³-hybridized carbons (Fsp3) is 0.150. The van der Waals surface area contributed by atoms with E-state index in [1.807, 2.05) is 36.4 Å². The fourth-order valence-electron chi connectivity index (χ4n) is 2.70. The fourth-order valence-corrected chi connectivity index (χ4v) is 2.70. The van der Waals surface area contributed by atoms with Gasteiger partial charge in [-0.25, -0.2) is 9.37 Å². The smallest absolute Gasteiger partial charge is 0.172 e. The molecule has 3 aromatic rings. The largest absolute Gasteiger partial charge is 0.507 e. The van der Waals surface area contributed by atoms with Crippen LogP contribution in [-0.2, 0) is 0 Å². The van der Waals surface area contributed by atoms with E-state index in [0.29, 0.717) is 5.69 Å². The van der Waals surface area contributed by atoms with Crippen molar-refractivity contribution < 1.29 is 14.6 Å². The molecule has 2 N–H and O–H groups in total. The molecule has 3 nitrogen and oxygen atoms in total. The van der Waals surface area contributed by atoms with Gasteiger partial charge in [0.05, 0.1) is 11.2 Å². The summed E-state index contributed by atoms with van der Waals surface area (Å²) in [7, 11) is 0. The summed E-state index contributed by atoms with van der Waals surface area (Å²) in [5.74, 6) is -1.54. The Morgan fingerprint density at radius 3 is 2.54 bits per heavy atom. The van der Waals surface area contributed by atoms with E-state index in [1.165, 1.54) is 12.1 Å². The summed E-state index contributed by atoms with van der Waals surface area (Å²) in [5, 5.41) is 21.0. The molecule has 0 fully saturated rings. The van der Waals surface area contributed by atoms with Gasteiger partial charge in [0.15, 0.2) is 11.6 Å². The summed E-state index contributed by atoms with van der Waals surface area (Å²) in [5.41, 5.74) is 1.85. The van der Waals surface area contributed by atoms with E-state index in [9.17, 15) is 14.6 Å². The molecule has 1 aromatic heterocycles. The minimum atomic E-state index is -0.742. The topological polar surface area (TPSA) is 53.4 Å². The molecule has 0 saturated carbocycles. The number of rotatable bonds is 3. The van der Waals surface area contributed by atoms with Gasteiger partial charge in [-0.1, -0.05) is 38.1 Å². The highest BCUT2D eigenvalue weighted by atomic mass is 19.1. The van der Waals surface area contributed by atoms with Gasteiger partial charge in [-0.05, 0) is 36.3 Å². The summed E-state index contributed by atoms with van der Waals surface area (Å²) in [6, 6.07) is 12.8. The highest BCUT2D eigenvalue weighted by Crippen LogP contribution is 2.38. The van der Waals surface area contributed by atoms with Gasteiger partial charge in [0.2, 0.25) is 0 Å². The summed E-state index contributed by atoms with van der Waals surface area (Å²) < 4.78 is 14.3. The molecule has 0 aliphatic rings. The first-order valence-corrected chi connectivity index (χ1v) is 7.75. The number of fused-ring (bicyclic) bond motifs is 1. The lowest BCUT2D eigenvalue weighted by molar-refractivity contribution is 0.404. The SMILES string of the molecule is CC(C)c1c(O)cc(/C=C/c2ccc3ccccc3n2)c(F)c1O. The van der Waals surface area contributed by atoms with Crippen molar-refractivity contribution in [1.82, 2.24) is 4.98 Å². The number of halogens is 1. The Bertz CT molecular complexity index is 932. The molecule has 2 aromatic carbocycles. The quantitative estimate of drug-likeness (QED) is 0.707. The Balaban J connectivity index is 1.99. The molecule has 24 heavy (non-hydrogen) atoms. The Hall–Kier alpha value is -2.88. The van der Waals surface area contributed by atoms with Crippen molar-refractivity contribution in [3.8, 4) is 11.5 Å². The van der Waals surface area contributed by atoms with Crippen molar-refractivity contribution >= 4 is 23.1 Å². The molecule has 1 heterocycles. The van der Waals surface area contributed by atoms with Crippen molar-refractivity contribution in [2.75, 3.05) is 0 Å². The molecule has 3 rings (SSSR count). The van der Waals surface area contributed by atoms with E-state index in [2.05, 4.69) is 4.98 Å². The van der Waals surface area contributed by atoms with Gasteiger partial charge in [0.1, 0.15) is 5.75 Å². The first-order chi connectivity index (χ1) is 11.5. The zero-order chi connectivity index (χ0) is 17.3. The lowest BCUT2D eigenvalue weighted by atomic mass is 9.98. The maximum absolute atomic E-state index is 14.3. The second kappa shape index (κ2) is 6.32. The van der Waals surface area contributed by atoms with Gasteiger partial charge in [-0.15, -0.1) is 0 Å². The van der Waals surface area contributed by atoms with E-state index in [4.69, 9.17) is 0 Å². The lowest BCUT2D eigenvalue weighted by Gasteiger charge is -2.13. The van der Waals surface area contributed by atoms with Gasteiger partial charge < -0.3 is 10.2 Å². The second-order valence-corrected chi connectivity index (χ2v) is 5.98. The van der Waals surface area contributed by atoms with Crippen LogP contribution < -0.4 is 0 Å². The Morgan fingerprint density at radius 2 is 1.79 bits per heavy atom. The maximum atomic E-state index is 14.3. The maximum Gasteiger partial charge on any atom is 0.172 e. The van der Waals surface area contributed by atoms with Gasteiger partial charge in [-0.2, -0.15) is 0 Å². The van der Waals surface area contributed by atoms with Crippen molar-refractivity contribution in [3.63, 3.8) is 0 Å². The molecule has 0 atom stereocenters. The first kappa shape index (κ1) is 16.0. The molecular formula is C20H18FNO2. The van der Waals surface area contributed by atoms with Crippen LogP contribution in [0.3, 0.4) is 0 Å². The minimum Gasteiger partial charge on any atom is -0.507 e. The van der Waals surface area contributed by atoms with Gasteiger partial charge in [-0.3, -0.25) is 0 Å². The number of aromatic nitrogens is 1. The minimum absolute atomic E-state index is 0.115. The summed E-state index contributed by atoms with van der Waals surface area (Å²) in [6.07, 6.45) is 3.15. The third-order valence-corrected chi connectivity index (χ3v) is 3.92. The Morgan fingerprint density at radius 1 is 1.04 bits per heavy atom. The number of aromatic hydroxyl groups is 2. The normalized spacial score (nSPS) is 11.7. The standard InChI is InChI=1S/C20H18FNO2/c1-12(2)18-17(23)11-14(19(21)20(18)24)8-10-15-9-7-13-5-3-4-6-16(13)22-15/h3-12,23-24H,1-2H3/b10-8+. The number of pyridine rings is 1. The Labute approximate surface area is 139 Å². The number of phenols is 2. The predicted molar refractivity (Wildman–Crippen MR) is 94.5 cm³/mol. The lowest BCUT2D eigenvalue weighted by Crippen LogP contribution is -1.94. The van der Waals surface area contributed by atoms with Crippen LogP contribution in [0.2, 0.25) is 0 Å². The van der Waals surface area contributed by atoms with Gasteiger partial charge in [0.25, 0.3) is 0 Å². The van der Waals surface area contributed by atoms with Crippen LogP contribution >= 0.6 is 0 Å². The number of para-hydroxylation sites is 1. The predicted octanol–water partition coefficient (Wildman–Crippen LogP) is 5.08. The number of hydrogen-bond acceptors (Lipinski definition) is 3. The highest BCUT2D eigenvalue weighted by Gasteiger charge is 2.18. The van der Waals surface area contributed by atoms with Crippen molar-refractivity contribution in [1.29, 1.82) is 0 Å². The van der Waals surface area contributed by atoms with E-state index < -0.39 is 11.6 Å². The number of hydrogen-bond donors (Lipinski definition) is 2. The zero-order valence-electron chi connectivity index (χ0n) is 13.5. The van der Waals surface area contributed by atoms with Crippen molar-refractivity contribution in [3.05, 3.63) is 65.1 Å². The van der Waals surface area contributed by atoms with Crippen LogP contribution in [0.4, 0.5) is 4.39 Å². The molecule has 0 radical (unpaired) electrons. The van der Waals surface area contributed by atoms with E-state index >= 15 is 0 Å². The van der Waals surface area contributed by atoms with Crippen LogP contribution in [0.25, 0.3) is 23.1 Å². The number of nitrogens with zero attached hydrogens (tertiary/aromatic N) is 1. The average molecular weight is 323 g/mol. The molecule has 0 amide bonds. The molecule has 0 unspecified atom stereocenters. The Kier molecular flexibility index (Phi) is 4.21. The average Bonchev–Trinajstić information content (AvgIpc) is 2.56. The summed E-state index contributed by atoms with van der Waals surface area (Å²) in [6.45, 7) is 3.56. The van der Waals surface area contributed by atoms with Crippen LogP contribution in [0, 0.1) is 5.82 Å².